The molecule has 0 spiro atoms. The van der Waals surface area contributed by atoms with Gasteiger partial charge in [0.15, 0.2) is 17.6 Å². The fourth-order valence-electron chi connectivity index (χ4n) is 4.74. The Hall–Kier alpha value is -3.26. The average molecular weight is 541 g/mol. The second-order valence-electron chi connectivity index (χ2n) is 8.88. The molecule has 3 aromatic rings. The molecule has 5 rings (SSSR count). The zero-order chi connectivity index (χ0) is 26.1. The first-order valence-electron chi connectivity index (χ1n) is 12.1. The third-order valence-electron chi connectivity index (χ3n) is 6.57. The van der Waals surface area contributed by atoms with Crippen molar-refractivity contribution in [2.75, 3.05) is 23.7 Å². The molecule has 3 atom stereocenters. The number of methoxy groups -OCH3 is 1. The number of rotatable bonds is 8. The summed E-state index contributed by atoms with van der Waals surface area (Å²) in [4.78, 5) is 34.7. The number of unbranched alkanes of at least 4 members (excludes halogenated alkanes) is 1. The number of para-hydroxylation sites is 1. The number of nitrogens with zero attached hydrogens (tertiary/aromatic N) is 2. The number of amides is 2. The van der Waals surface area contributed by atoms with Gasteiger partial charge in [0.1, 0.15) is 5.92 Å². The van der Waals surface area contributed by atoms with Crippen LogP contribution in [-0.4, -0.2) is 31.6 Å². The van der Waals surface area contributed by atoms with Gasteiger partial charge in [-0.2, -0.15) is 0 Å². The number of imide groups is 1. The molecule has 0 unspecified atom stereocenters. The van der Waals surface area contributed by atoms with Crippen LogP contribution >= 0.6 is 23.2 Å². The number of carbonyl (C=O) groups is 2. The van der Waals surface area contributed by atoms with E-state index < -0.39 is 24.0 Å². The fourth-order valence-corrected chi connectivity index (χ4v) is 5.04. The Morgan fingerprint density at radius 3 is 2.38 bits per heavy atom. The molecule has 7 nitrogen and oxygen atoms in total. The third-order valence-corrected chi connectivity index (χ3v) is 7.31. The van der Waals surface area contributed by atoms with Crippen molar-refractivity contribution in [1.82, 2.24) is 0 Å². The lowest BCUT2D eigenvalue weighted by Gasteiger charge is -2.29. The first-order valence-corrected chi connectivity index (χ1v) is 12.8. The summed E-state index contributed by atoms with van der Waals surface area (Å²) in [6, 6.07) is 19.0. The quantitative estimate of drug-likeness (QED) is 0.249. The van der Waals surface area contributed by atoms with Crippen LogP contribution < -0.4 is 19.4 Å². The molecule has 2 heterocycles. The molecular formula is C28H26Cl2N2O5. The van der Waals surface area contributed by atoms with E-state index in [2.05, 4.69) is 6.92 Å². The molecule has 192 valence electrons. The molecule has 0 aromatic heterocycles. The molecule has 2 saturated heterocycles. The number of halogens is 2. The standard InChI is InChI=1S/C28H26Cl2N2O5/c1-3-4-14-36-22-13-10-17(15-23(22)35-2)25-24-26(37-32(25)18-8-6-5-7-9-18)28(34)31(27(24)33)19-11-12-20(29)21(30)16-19/h5-13,15-16,24-26H,3-4,14H2,1-2H3/t24-,25+,26-/m1/s1. The predicted octanol–water partition coefficient (Wildman–Crippen LogP) is 6.23. The number of fused-ring (bicyclic) bond motifs is 1. The van der Waals surface area contributed by atoms with E-state index in [0.29, 0.717) is 28.8 Å². The summed E-state index contributed by atoms with van der Waals surface area (Å²) in [6.45, 7) is 2.67. The minimum Gasteiger partial charge on any atom is -0.493 e. The molecule has 0 aliphatic carbocycles. The summed E-state index contributed by atoms with van der Waals surface area (Å²) in [7, 11) is 1.57. The third kappa shape index (κ3) is 4.63. The van der Waals surface area contributed by atoms with Crippen molar-refractivity contribution < 1.29 is 23.9 Å². The zero-order valence-electron chi connectivity index (χ0n) is 20.4. The highest BCUT2D eigenvalue weighted by atomic mass is 35.5. The van der Waals surface area contributed by atoms with Gasteiger partial charge in [-0.3, -0.25) is 14.4 Å². The molecule has 0 radical (unpaired) electrons. The van der Waals surface area contributed by atoms with E-state index in [1.807, 2.05) is 48.5 Å². The minimum atomic E-state index is -1.00. The maximum absolute atomic E-state index is 13.8. The van der Waals surface area contributed by atoms with E-state index in [1.54, 1.807) is 24.3 Å². The van der Waals surface area contributed by atoms with Crippen molar-refractivity contribution in [3.63, 3.8) is 0 Å². The summed E-state index contributed by atoms with van der Waals surface area (Å²) in [6.07, 6.45) is 0.938. The number of hydrogen-bond acceptors (Lipinski definition) is 6. The van der Waals surface area contributed by atoms with E-state index in [-0.39, 0.29) is 10.9 Å². The summed E-state index contributed by atoms with van der Waals surface area (Å²) in [5.41, 5.74) is 1.84. The van der Waals surface area contributed by atoms with Crippen molar-refractivity contribution in [3.8, 4) is 11.5 Å². The molecule has 0 bridgehead atoms. The monoisotopic (exact) mass is 540 g/mol. The number of anilines is 2. The molecule has 37 heavy (non-hydrogen) atoms. The van der Waals surface area contributed by atoms with E-state index in [4.69, 9.17) is 37.5 Å². The highest BCUT2D eigenvalue weighted by Gasteiger charge is 2.60. The van der Waals surface area contributed by atoms with Crippen molar-refractivity contribution >= 4 is 46.4 Å². The van der Waals surface area contributed by atoms with Crippen molar-refractivity contribution in [2.24, 2.45) is 5.92 Å². The molecule has 0 saturated carbocycles. The topological polar surface area (TPSA) is 68.3 Å². The predicted molar refractivity (Wildman–Crippen MR) is 142 cm³/mol. The van der Waals surface area contributed by atoms with Gasteiger partial charge in [0.05, 0.1) is 41.2 Å². The fraction of sp³-hybridized carbons (Fsp3) is 0.286. The maximum Gasteiger partial charge on any atom is 0.266 e. The number of hydrogen-bond donors (Lipinski definition) is 0. The summed E-state index contributed by atoms with van der Waals surface area (Å²) in [5.74, 6) is -0.461. The highest BCUT2D eigenvalue weighted by Crippen LogP contribution is 2.49. The van der Waals surface area contributed by atoms with Crippen LogP contribution in [0.2, 0.25) is 10.0 Å². The summed E-state index contributed by atoms with van der Waals surface area (Å²) >= 11 is 12.2. The van der Waals surface area contributed by atoms with Crippen LogP contribution in [0.5, 0.6) is 11.5 Å². The Morgan fingerprint density at radius 1 is 0.892 bits per heavy atom. The lowest BCUT2D eigenvalue weighted by atomic mass is 9.90. The van der Waals surface area contributed by atoms with Gasteiger partial charge in [-0.25, -0.2) is 9.96 Å². The highest BCUT2D eigenvalue weighted by molar-refractivity contribution is 6.42. The van der Waals surface area contributed by atoms with Crippen LogP contribution in [0.4, 0.5) is 11.4 Å². The Morgan fingerprint density at radius 2 is 1.68 bits per heavy atom. The van der Waals surface area contributed by atoms with Gasteiger partial charge < -0.3 is 9.47 Å². The van der Waals surface area contributed by atoms with Crippen LogP contribution in [0, 0.1) is 5.92 Å². The number of ether oxygens (including phenoxy) is 2. The van der Waals surface area contributed by atoms with Crippen molar-refractivity contribution in [2.45, 2.75) is 31.9 Å². The summed E-state index contributed by atoms with van der Waals surface area (Å²) in [5, 5.41) is 2.23. The molecular weight excluding hydrogens is 515 g/mol. The van der Waals surface area contributed by atoms with E-state index in [1.165, 1.54) is 6.07 Å². The zero-order valence-corrected chi connectivity index (χ0v) is 21.9. The number of benzene rings is 3. The second-order valence-corrected chi connectivity index (χ2v) is 9.69. The molecule has 2 aliphatic heterocycles. The number of hydroxylamine groups is 1. The second kappa shape index (κ2) is 10.6. The molecule has 2 amide bonds. The van der Waals surface area contributed by atoms with Crippen LogP contribution in [0.1, 0.15) is 31.4 Å². The Kier molecular flexibility index (Phi) is 7.29. The van der Waals surface area contributed by atoms with Crippen molar-refractivity contribution in [1.29, 1.82) is 0 Å². The Labute approximate surface area is 225 Å². The van der Waals surface area contributed by atoms with Gasteiger partial charge in [0, 0.05) is 0 Å². The SMILES string of the molecule is CCCCOc1ccc([C@H]2[C@H]3C(=O)N(c4ccc(Cl)c(Cl)c4)C(=O)[C@@H]3ON2c2ccccc2)cc1OC. The normalized spacial score (nSPS) is 20.9. The average Bonchev–Trinajstić information content (AvgIpc) is 3.42. The number of carbonyl (C=O) groups excluding carboxylic acids is 2. The largest absolute Gasteiger partial charge is 0.493 e. The Bertz CT molecular complexity index is 1320. The van der Waals surface area contributed by atoms with Gasteiger partial charge in [-0.05, 0) is 54.4 Å². The van der Waals surface area contributed by atoms with Gasteiger partial charge in [-0.1, -0.05) is 60.8 Å². The van der Waals surface area contributed by atoms with Gasteiger partial charge in [0.2, 0.25) is 5.91 Å². The first kappa shape index (κ1) is 25.4. The molecule has 2 fully saturated rings. The lowest BCUT2D eigenvalue weighted by Crippen LogP contribution is -2.37. The lowest BCUT2D eigenvalue weighted by molar-refractivity contribution is -0.126. The molecule has 9 heteroatoms. The molecule has 0 N–H and O–H groups in total. The first-order chi connectivity index (χ1) is 17.9. The van der Waals surface area contributed by atoms with Crippen LogP contribution in [0.25, 0.3) is 0 Å². The minimum absolute atomic E-state index is 0.253. The van der Waals surface area contributed by atoms with Crippen molar-refractivity contribution in [3.05, 3.63) is 82.3 Å². The Balaban J connectivity index is 1.55. The van der Waals surface area contributed by atoms with Crippen LogP contribution in [-0.2, 0) is 14.4 Å². The maximum atomic E-state index is 13.8. The molecule has 3 aromatic carbocycles. The smallest absolute Gasteiger partial charge is 0.266 e. The van der Waals surface area contributed by atoms with Crippen LogP contribution in [0.15, 0.2) is 66.7 Å². The van der Waals surface area contributed by atoms with Gasteiger partial charge in [-0.15, -0.1) is 0 Å². The van der Waals surface area contributed by atoms with E-state index >= 15 is 0 Å². The molecule has 2 aliphatic rings. The van der Waals surface area contributed by atoms with Crippen LogP contribution in [0.3, 0.4) is 0 Å². The van der Waals surface area contributed by atoms with Gasteiger partial charge >= 0.3 is 0 Å². The van der Waals surface area contributed by atoms with E-state index in [0.717, 1.165) is 29.0 Å². The van der Waals surface area contributed by atoms with Gasteiger partial charge in [0.25, 0.3) is 5.91 Å². The summed E-state index contributed by atoms with van der Waals surface area (Å²) < 4.78 is 11.5. The van der Waals surface area contributed by atoms with E-state index in [9.17, 15) is 9.59 Å².